The number of hydrogen-bond acceptors (Lipinski definition) is 5. The van der Waals surface area contributed by atoms with Gasteiger partial charge in [0.25, 0.3) is 10.0 Å². The number of nitrogens with zero attached hydrogens (tertiary/aromatic N) is 2. The Labute approximate surface area is 118 Å². The third-order valence-corrected chi connectivity index (χ3v) is 5.70. The molecule has 3 rings (SSSR count). The summed E-state index contributed by atoms with van der Waals surface area (Å²) < 4.78 is 32.7. The van der Waals surface area contributed by atoms with E-state index in [-0.39, 0.29) is 17.2 Å². The summed E-state index contributed by atoms with van der Waals surface area (Å²) in [5, 5.41) is 9.87. The summed E-state index contributed by atoms with van der Waals surface area (Å²) >= 11 is 0. The molecule has 0 spiro atoms. The normalized spacial score (nSPS) is 27.1. The minimum absolute atomic E-state index is 0.0451. The van der Waals surface area contributed by atoms with Crippen LogP contribution in [0.25, 0.3) is 0 Å². The van der Waals surface area contributed by atoms with E-state index in [1.807, 2.05) is 6.92 Å². The van der Waals surface area contributed by atoms with Gasteiger partial charge in [-0.1, -0.05) is 6.92 Å². The fourth-order valence-electron chi connectivity index (χ4n) is 2.81. The summed E-state index contributed by atoms with van der Waals surface area (Å²) in [5.41, 5.74) is 0.686. The van der Waals surface area contributed by atoms with Crippen LogP contribution in [0.15, 0.2) is 11.2 Å². The zero-order chi connectivity index (χ0) is 14.2. The van der Waals surface area contributed by atoms with E-state index in [1.165, 1.54) is 4.31 Å². The van der Waals surface area contributed by atoms with E-state index in [0.717, 1.165) is 19.4 Å². The smallest absolute Gasteiger partial charge is 0.260 e. The second kappa shape index (κ2) is 5.44. The molecular formula is C12H20N4O3S. The zero-order valence-electron chi connectivity index (χ0n) is 11.5. The number of H-pyrrole nitrogens is 1. The predicted octanol–water partition coefficient (Wildman–Crippen LogP) is 0.0711. The highest BCUT2D eigenvalue weighted by Crippen LogP contribution is 2.30. The van der Waals surface area contributed by atoms with Crippen LogP contribution in [0.3, 0.4) is 0 Å². The van der Waals surface area contributed by atoms with Crippen molar-refractivity contribution in [1.29, 1.82) is 0 Å². The number of rotatable bonds is 5. The Balaban J connectivity index is 1.83. The molecule has 2 atom stereocenters. The number of morpholine rings is 1. The number of hydrogen-bond donors (Lipinski definition) is 2. The molecule has 2 fully saturated rings. The molecule has 2 unspecified atom stereocenters. The predicted molar refractivity (Wildman–Crippen MR) is 72.6 cm³/mol. The summed E-state index contributed by atoms with van der Waals surface area (Å²) in [6.07, 6.45) is 3.56. The van der Waals surface area contributed by atoms with Crippen LogP contribution in [-0.2, 0) is 21.3 Å². The molecule has 1 aromatic rings. The molecule has 0 radical (unpaired) electrons. The van der Waals surface area contributed by atoms with Gasteiger partial charge in [0.1, 0.15) is 0 Å². The average Bonchev–Trinajstić information content (AvgIpc) is 3.03. The van der Waals surface area contributed by atoms with Gasteiger partial charge in [0.15, 0.2) is 5.03 Å². The van der Waals surface area contributed by atoms with E-state index in [9.17, 15) is 8.42 Å². The number of ether oxygens (including phenoxy) is 1. The first-order valence-corrected chi connectivity index (χ1v) is 8.44. The summed E-state index contributed by atoms with van der Waals surface area (Å²) in [5.74, 6) is 0. The first-order chi connectivity index (χ1) is 9.61. The van der Waals surface area contributed by atoms with Crippen molar-refractivity contribution in [3.63, 3.8) is 0 Å². The zero-order valence-corrected chi connectivity index (χ0v) is 12.3. The van der Waals surface area contributed by atoms with Crippen molar-refractivity contribution in [3.05, 3.63) is 11.8 Å². The van der Waals surface area contributed by atoms with Crippen molar-refractivity contribution >= 4 is 10.0 Å². The second-order valence-electron chi connectivity index (χ2n) is 5.28. The summed E-state index contributed by atoms with van der Waals surface area (Å²) in [6, 6.07) is 0. The number of sulfonamides is 1. The SMILES string of the molecule is CCNCc1cn[nH]c1S(=O)(=O)N1CC2CCC(C1)O2. The number of nitrogens with one attached hydrogen (secondary N) is 2. The Morgan fingerprint density at radius 1 is 1.45 bits per heavy atom. The third-order valence-electron chi connectivity index (χ3n) is 3.85. The van der Waals surface area contributed by atoms with Crippen LogP contribution in [-0.4, -0.2) is 54.8 Å². The van der Waals surface area contributed by atoms with E-state index in [4.69, 9.17) is 4.74 Å². The third kappa shape index (κ3) is 2.48. The van der Waals surface area contributed by atoms with Gasteiger partial charge < -0.3 is 10.1 Å². The van der Waals surface area contributed by atoms with E-state index in [2.05, 4.69) is 15.5 Å². The first-order valence-electron chi connectivity index (χ1n) is 7.00. The Bertz CT molecular complexity index is 559. The molecule has 0 aliphatic carbocycles. The molecular weight excluding hydrogens is 280 g/mol. The Morgan fingerprint density at radius 2 is 2.15 bits per heavy atom. The lowest BCUT2D eigenvalue weighted by Gasteiger charge is -2.31. The maximum Gasteiger partial charge on any atom is 0.260 e. The highest BCUT2D eigenvalue weighted by atomic mass is 32.2. The van der Waals surface area contributed by atoms with Crippen molar-refractivity contribution < 1.29 is 13.2 Å². The molecule has 1 aromatic heterocycles. The van der Waals surface area contributed by atoms with Crippen molar-refractivity contribution in [2.45, 2.75) is 43.5 Å². The molecule has 3 heterocycles. The minimum atomic E-state index is -3.51. The second-order valence-corrected chi connectivity index (χ2v) is 7.16. The van der Waals surface area contributed by atoms with Crippen molar-refractivity contribution in [1.82, 2.24) is 19.8 Å². The molecule has 0 amide bonds. The van der Waals surface area contributed by atoms with Gasteiger partial charge >= 0.3 is 0 Å². The number of aromatic amines is 1. The van der Waals surface area contributed by atoms with Gasteiger partial charge in [-0.15, -0.1) is 0 Å². The average molecular weight is 300 g/mol. The molecule has 2 N–H and O–H groups in total. The van der Waals surface area contributed by atoms with E-state index in [0.29, 0.717) is 25.2 Å². The van der Waals surface area contributed by atoms with Crippen molar-refractivity contribution in [2.24, 2.45) is 0 Å². The van der Waals surface area contributed by atoms with Crippen LogP contribution < -0.4 is 5.32 Å². The van der Waals surface area contributed by atoms with Gasteiger partial charge in [0.2, 0.25) is 0 Å². The molecule has 7 nitrogen and oxygen atoms in total. The minimum Gasteiger partial charge on any atom is -0.372 e. The Hall–Kier alpha value is -0.960. The van der Waals surface area contributed by atoms with Gasteiger partial charge in [-0.2, -0.15) is 9.40 Å². The lowest BCUT2D eigenvalue weighted by atomic mass is 10.2. The fourth-order valence-corrected chi connectivity index (χ4v) is 4.42. The Morgan fingerprint density at radius 3 is 2.80 bits per heavy atom. The van der Waals surface area contributed by atoms with Crippen LogP contribution in [0, 0.1) is 0 Å². The van der Waals surface area contributed by atoms with Crippen molar-refractivity contribution in [2.75, 3.05) is 19.6 Å². The molecule has 0 aromatic carbocycles. The van der Waals surface area contributed by atoms with Crippen molar-refractivity contribution in [3.8, 4) is 0 Å². The highest BCUT2D eigenvalue weighted by Gasteiger charge is 2.40. The molecule has 2 saturated heterocycles. The topological polar surface area (TPSA) is 87.3 Å². The van der Waals surface area contributed by atoms with Crippen LogP contribution in [0.5, 0.6) is 0 Å². The number of aromatic nitrogens is 2. The molecule has 0 saturated carbocycles. The van der Waals surface area contributed by atoms with E-state index in [1.54, 1.807) is 6.20 Å². The van der Waals surface area contributed by atoms with Gasteiger partial charge in [-0.3, -0.25) is 5.10 Å². The quantitative estimate of drug-likeness (QED) is 0.803. The van der Waals surface area contributed by atoms with Gasteiger partial charge in [-0.05, 0) is 19.4 Å². The summed E-state index contributed by atoms with van der Waals surface area (Å²) in [7, 11) is -3.51. The van der Waals surface area contributed by atoms with Gasteiger partial charge in [0.05, 0.1) is 18.4 Å². The molecule has 2 bridgehead atoms. The van der Waals surface area contributed by atoms with Gasteiger partial charge in [-0.25, -0.2) is 8.42 Å². The molecule has 112 valence electrons. The maximum atomic E-state index is 12.7. The summed E-state index contributed by atoms with van der Waals surface area (Å²) in [6.45, 7) is 4.15. The molecule has 2 aliphatic heterocycles. The standard InChI is InChI=1S/C12H20N4O3S/c1-2-13-5-9-6-14-15-12(9)20(17,18)16-7-10-3-4-11(8-16)19-10/h6,10-11,13H,2-5,7-8H2,1H3,(H,14,15). The molecule has 20 heavy (non-hydrogen) atoms. The van der Waals surface area contributed by atoms with Crippen LogP contribution >= 0.6 is 0 Å². The number of fused-ring (bicyclic) bond motifs is 2. The van der Waals surface area contributed by atoms with Gasteiger partial charge in [0, 0.05) is 25.2 Å². The largest absolute Gasteiger partial charge is 0.372 e. The lowest BCUT2D eigenvalue weighted by Crippen LogP contribution is -2.46. The Kier molecular flexibility index (Phi) is 3.80. The summed E-state index contributed by atoms with van der Waals surface area (Å²) in [4.78, 5) is 0. The lowest BCUT2D eigenvalue weighted by molar-refractivity contribution is -0.0115. The van der Waals surface area contributed by atoms with E-state index >= 15 is 0 Å². The van der Waals surface area contributed by atoms with Crippen LogP contribution in [0.2, 0.25) is 0 Å². The molecule has 8 heteroatoms. The van der Waals surface area contributed by atoms with Crippen LogP contribution in [0.1, 0.15) is 25.3 Å². The highest BCUT2D eigenvalue weighted by molar-refractivity contribution is 7.89. The van der Waals surface area contributed by atoms with E-state index < -0.39 is 10.0 Å². The monoisotopic (exact) mass is 300 g/mol. The fraction of sp³-hybridized carbons (Fsp3) is 0.750. The molecule has 2 aliphatic rings. The van der Waals surface area contributed by atoms with Crippen LogP contribution in [0.4, 0.5) is 0 Å². The first kappa shape index (κ1) is 14.0. The maximum absolute atomic E-state index is 12.7.